The summed E-state index contributed by atoms with van der Waals surface area (Å²) in [6.07, 6.45) is 2.49. The Kier molecular flexibility index (Phi) is 4.20. The van der Waals surface area contributed by atoms with Crippen molar-refractivity contribution < 1.29 is 4.42 Å². The smallest absolute Gasteiger partial charge is 0.135 e. The van der Waals surface area contributed by atoms with Gasteiger partial charge in [-0.05, 0) is 12.1 Å². The topological polar surface area (TPSA) is 51.0 Å². The molecule has 0 aromatic carbocycles. The zero-order chi connectivity index (χ0) is 13.0. The van der Waals surface area contributed by atoms with Gasteiger partial charge < -0.3 is 9.73 Å². The molecule has 0 saturated heterocycles. The monoisotopic (exact) mass is 265 g/mol. The second-order valence-corrected chi connectivity index (χ2v) is 4.73. The fraction of sp³-hybridized carbons (Fsp3) is 0.385. The summed E-state index contributed by atoms with van der Waals surface area (Å²) in [5.41, 5.74) is 0. The maximum Gasteiger partial charge on any atom is 0.135 e. The molecule has 2 rings (SSSR count). The molecular formula is C13H16ClN3O. The molecule has 0 spiro atoms. The Labute approximate surface area is 111 Å². The van der Waals surface area contributed by atoms with Crippen LogP contribution in [0, 0.1) is 0 Å². The molecule has 0 atom stereocenters. The number of hydrogen-bond acceptors (Lipinski definition) is 4. The number of hydrogen-bond donors (Lipinski definition) is 1. The summed E-state index contributed by atoms with van der Waals surface area (Å²) in [6.45, 7) is 4.83. The number of nitrogens with one attached hydrogen (secondary N) is 1. The Morgan fingerprint density at radius 1 is 1.39 bits per heavy atom. The Balaban J connectivity index is 1.96. The van der Waals surface area contributed by atoms with E-state index in [4.69, 9.17) is 16.0 Å². The molecule has 0 amide bonds. The third-order valence-electron chi connectivity index (χ3n) is 2.49. The lowest BCUT2D eigenvalue weighted by molar-refractivity contribution is 0.513. The molecule has 0 unspecified atom stereocenters. The van der Waals surface area contributed by atoms with Crippen molar-refractivity contribution in [1.29, 1.82) is 0 Å². The zero-order valence-corrected chi connectivity index (χ0v) is 11.2. The van der Waals surface area contributed by atoms with Crippen LogP contribution in [0.5, 0.6) is 0 Å². The highest BCUT2D eigenvalue weighted by Crippen LogP contribution is 2.16. The van der Waals surface area contributed by atoms with Gasteiger partial charge in [-0.2, -0.15) is 0 Å². The molecule has 2 aromatic rings. The maximum absolute atomic E-state index is 5.96. The predicted octanol–water partition coefficient (Wildman–Crippen LogP) is 3.50. The maximum atomic E-state index is 5.96. The van der Waals surface area contributed by atoms with Crippen molar-refractivity contribution in [2.75, 3.05) is 11.9 Å². The van der Waals surface area contributed by atoms with Crippen LogP contribution < -0.4 is 5.32 Å². The van der Waals surface area contributed by atoms with Crippen LogP contribution in [0.15, 0.2) is 28.9 Å². The minimum absolute atomic E-state index is 0.259. The molecule has 18 heavy (non-hydrogen) atoms. The molecule has 2 aromatic heterocycles. The van der Waals surface area contributed by atoms with Crippen molar-refractivity contribution in [3.8, 4) is 0 Å². The highest BCUT2D eigenvalue weighted by Gasteiger charge is 2.06. The van der Waals surface area contributed by atoms with Gasteiger partial charge in [0.2, 0.25) is 0 Å². The summed E-state index contributed by atoms with van der Waals surface area (Å²) in [4.78, 5) is 8.60. The first kappa shape index (κ1) is 12.9. The van der Waals surface area contributed by atoms with Crippen LogP contribution in [0.4, 0.5) is 5.82 Å². The molecule has 4 nitrogen and oxygen atoms in total. The van der Waals surface area contributed by atoms with E-state index in [-0.39, 0.29) is 5.92 Å². The molecule has 0 aliphatic carbocycles. The Hall–Kier alpha value is -1.55. The van der Waals surface area contributed by atoms with Gasteiger partial charge >= 0.3 is 0 Å². The van der Waals surface area contributed by atoms with Crippen LogP contribution in [0.2, 0.25) is 5.15 Å². The predicted molar refractivity (Wildman–Crippen MR) is 72.0 cm³/mol. The number of aromatic nitrogens is 2. The van der Waals surface area contributed by atoms with E-state index in [9.17, 15) is 0 Å². The van der Waals surface area contributed by atoms with E-state index in [1.807, 2.05) is 26.0 Å². The van der Waals surface area contributed by atoms with Crippen molar-refractivity contribution in [3.63, 3.8) is 0 Å². The van der Waals surface area contributed by atoms with Gasteiger partial charge in [-0.15, -0.1) is 0 Å². The first-order valence-corrected chi connectivity index (χ1v) is 6.33. The first-order chi connectivity index (χ1) is 8.65. The Bertz CT molecular complexity index is 497. The van der Waals surface area contributed by atoms with Crippen LogP contribution in [0.3, 0.4) is 0 Å². The largest absolute Gasteiger partial charge is 0.469 e. The van der Waals surface area contributed by atoms with E-state index in [0.717, 1.165) is 30.4 Å². The first-order valence-electron chi connectivity index (χ1n) is 5.96. The van der Waals surface area contributed by atoms with Crippen molar-refractivity contribution >= 4 is 17.4 Å². The third kappa shape index (κ3) is 3.47. The summed E-state index contributed by atoms with van der Waals surface area (Å²) in [5, 5.41) is 3.69. The average molecular weight is 266 g/mol. The number of anilines is 1. The van der Waals surface area contributed by atoms with E-state index in [1.165, 1.54) is 0 Å². The van der Waals surface area contributed by atoms with Gasteiger partial charge in [0.05, 0.1) is 6.26 Å². The highest BCUT2D eigenvalue weighted by atomic mass is 35.5. The van der Waals surface area contributed by atoms with Crippen molar-refractivity contribution in [3.05, 3.63) is 41.2 Å². The van der Waals surface area contributed by atoms with E-state index in [1.54, 1.807) is 12.3 Å². The fourth-order valence-corrected chi connectivity index (χ4v) is 1.74. The molecule has 0 aliphatic rings. The van der Waals surface area contributed by atoms with Crippen LogP contribution in [-0.4, -0.2) is 16.5 Å². The van der Waals surface area contributed by atoms with Gasteiger partial charge in [-0.25, -0.2) is 9.97 Å². The quantitative estimate of drug-likeness (QED) is 0.841. The fourth-order valence-electron chi connectivity index (χ4n) is 1.55. The van der Waals surface area contributed by atoms with Gasteiger partial charge in [-0.3, -0.25) is 0 Å². The lowest BCUT2D eigenvalue weighted by atomic mass is 10.2. The van der Waals surface area contributed by atoms with Gasteiger partial charge in [0, 0.05) is 24.9 Å². The Morgan fingerprint density at radius 2 is 2.22 bits per heavy atom. The summed E-state index contributed by atoms with van der Waals surface area (Å²) in [7, 11) is 0. The van der Waals surface area contributed by atoms with Crippen molar-refractivity contribution in [2.45, 2.75) is 26.2 Å². The number of nitrogens with zero attached hydrogens (tertiary/aromatic N) is 2. The van der Waals surface area contributed by atoms with E-state index in [0.29, 0.717) is 5.15 Å². The van der Waals surface area contributed by atoms with Gasteiger partial charge in [-0.1, -0.05) is 25.4 Å². The Morgan fingerprint density at radius 3 is 2.89 bits per heavy atom. The highest BCUT2D eigenvalue weighted by molar-refractivity contribution is 6.29. The second kappa shape index (κ2) is 5.87. The molecule has 5 heteroatoms. The summed E-state index contributed by atoms with van der Waals surface area (Å²) in [6, 6.07) is 5.57. The minimum atomic E-state index is 0.259. The van der Waals surface area contributed by atoms with Crippen LogP contribution >= 0.6 is 11.6 Å². The standard InChI is InChI=1S/C13H16ClN3O/c1-9(2)13-16-11(14)8-12(17-13)15-6-5-10-4-3-7-18-10/h3-4,7-9H,5-6H2,1-2H3,(H,15,16,17). The van der Waals surface area contributed by atoms with E-state index >= 15 is 0 Å². The molecule has 2 heterocycles. The normalized spacial score (nSPS) is 10.9. The third-order valence-corrected chi connectivity index (χ3v) is 2.68. The van der Waals surface area contributed by atoms with Crippen LogP contribution in [-0.2, 0) is 6.42 Å². The minimum Gasteiger partial charge on any atom is -0.469 e. The van der Waals surface area contributed by atoms with Gasteiger partial charge in [0.1, 0.15) is 22.6 Å². The molecule has 96 valence electrons. The van der Waals surface area contributed by atoms with Crippen LogP contribution in [0.25, 0.3) is 0 Å². The molecule has 1 N–H and O–H groups in total. The van der Waals surface area contributed by atoms with Crippen molar-refractivity contribution in [1.82, 2.24) is 9.97 Å². The van der Waals surface area contributed by atoms with Crippen molar-refractivity contribution in [2.24, 2.45) is 0 Å². The van der Waals surface area contributed by atoms with Gasteiger partial charge in [0.25, 0.3) is 0 Å². The lowest BCUT2D eigenvalue weighted by Gasteiger charge is -2.09. The molecule has 0 saturated carbocycles. The molecule has 0 fully saturated rings. The summed E-state index contributed by atoms with van der Waals surface area (Å²) in [5.74, 6) is 2.72. The molecular weight excluding hydrogens is 250 g/mol. The zero-order valence-electron chi connectivity index (χ0n) is 10.5. The van der Waals surface area contributed by atoms with Crippen LogP contribution in [0.1, 0.15) is 31.4 Å². The second-order valence-electron chi connectivity index (χ2n) is 4.34. The van der Waals surface area contributed by atoms with E-state index in [2.05, 4.69) is 15.3 Å². The van der Waals surface area contributed by atoms with E-state index < -0.39 is 0 Å². The number of halogens is 1. The number of furan rings is 1. The number of rotatable bonds is 5. The summed E-state index contributed by atoms with van der Waals surface area (Å²) >= 11 is 5.96. The molecule has 0 bridgehead atoms. The average Bonchev–Trinajstić information content (AvgIpc) is 2.81. The molecule has 0 radical (unpaired) electrons. The lowest BCUT2D eigenvalue weighted by Crippen LogP contribution is -2.08. The molecule has 0 aliphatic heterocycles. The van der Waals surface area contributed by atoms with Gasteiger partial charge in [0.15, 0.2) is 0 Å². The SMILES string of the molecule is CC(C)c1nc(Cl)cc(NCCc2ccco2)n1. The summed E-state index contributed by atoms with van der Waals surface area (Å²) < 4.78 is 5.26.